The molecule has 1 atom stereocenters. The summed E-state index contributed by atoms with van der Waals surface area (Å²) in [4.78, 5) is 14.5. The maximum atomic E-state index is 12.7. The van der Waals surface area contributed by atoms with Crippen LogP contribution in [0.3, 0.4) is 0 Å². The fraction of sp³-hybridized carbons (Fsp3) is 0.278. The molecule has 1 saturated heterocycles. The van der Waals surface area contributed by atoms with Gasteiger partial charge in [0.2, 0.25) is 0 Å². The lowest BCUT2D eigenvalue weighted by atomic mass is 10.1. The Morgan fingerprint density at radius 1 is 1.22 bits per heavy atom. The summed E-state index contributed by atoms with van der Waals surface area (Å²) in [6, 6.07) is 15.4. The number of benzene rings is 2. The summed E-state index contributed by atoms with van der Waals surface area (Å²) in [7, 11) is 0. The summed E-state index contributed by atoms with van der Waals surface area (Å²) in [5.74, 6) is 0.602. The second kappa shape index (κ2) is 7.15. The van der Waals surface area contributed by atoms with Gasteiger partial charge < -0.3 is 15.4 Å². The van der Waals surface area contributed by atoms with Gasteiger partial charge in [-0.25, -0.2) is 0 Å². The van der Waals surface area contributed by atoms with Crippen LogP contribution in [0.15, 0.2) is 53.0 Å². The van der Waals surface area contributed by atoms with E-state index in [9.17, 15) is 4.79 Å². The van der Waals surface area contributed by atoms with Gasteiger partial charge in [0, 0.05) is 23.6 Å². The van der Waals surface area contributed by atoms with E-state index >= 15 is 0 Å². The molecule has 120 valence electrons. The molecule has 1 heterocycles. The van der Waals surface area contributed by atoms with Gasteiger partial charge in [-0.2, -0.15) is 0 Å². The van der Waals surface area contributed by atoms with Crippen molar-refractivity contribution in [3.8, 4) is 5.75 Å². The van der Waals surface area contributed by atoms with Crippen molar-refractivity contribution in [2.45, 2.75) is 19.1 Å². The zero-order valence-electron chi connectivity index (χ0n) is 12.7. The van der Waals surface area contributed by atoms with Crippen LogP contribution >= 0.6 is 15.9 Å². The summed E-state index contributed by atoms with van der Waals surface area (Å²) in [5.41, 5.74) is 7.55. The van der Waals surface area contributed by atoms with Gasteiger partial charge in [0.15, 0.2) is 0 Å². The lowest BCUT2D eigenvalue weighted by Crippen LogP contribution is -2.32. The van der Waals surface area contributed by atoms with E-state index in [1.807, 2.05) is 48.5 Å². The van der Waals surface area contributed by atoms with E-state index in [2.05, 4.69) is 15.9 Å². The zero-order chi connectivity index (χ0) is 16.2. The minimum Gasteiger partial charge on any atom is -0.488 e. The third-order valence-corrected chi connectivity index (χ3v) is 4.47. The lowest BCUT2D eigenvalue weighted by molar-refractivity contribution is 0.0786. The first-order valence-electron chi connectivity index (χ1n) is 7.64. The van der Waals surface area contributed by atoms with Crippen molar-refractivity contribution >= 4 is 21.8 Å². The molecule has 2 aromatic carbocycles. The average molecular weight is 375 g/mol. The first-order chi connectivity index (χ1) is 11.1. The molecule has 4 nitrogen and oxygen atoms in total. The molecule has 0 bridgehead atoms. The fourth-order valence-electron chi connectivity index (χ4n) is 2.65. The van der Waals surface area contributed by atoms with Crippen LogP contribution in [-0.4, -0.2) is 29.9 Å². The molecule has 23 heavy (non-hydrogen) atoms. The number of carbonyl (C=O) groups is 1. The minimum absolute atomic E-state index is 0.00986. The minimum atomic E-state index is -0.00986. The van der Waals surface area contributed by atoms with Crippen molar-refractivity contribution < 1.29 is 9.53 Å². The summed E-state index contributed by atoms with van der Waals surface area (Å²) in [6.07, 6.45) is 0.855. The Hall–Kier alpha value is -1.85. The van der Waals surface area contributed by atoms with Gasteiger partial charge >= 0.3 is 0 Å². The highest BCUT2D eigenvalue weighted by molar-refractivity contribution is 9.10. The van der Waals surface area contributed by atoms with Crippen LogP contribution in [0.5, 0.6) is 5.75 Å². The molecule has 0 spiro atoms. The lowest BCUT2D eigenvalue weighted by Gasteiger charge is -2.18. The number of hydrogen-bond donors (Lipinski definition) is 1. The highest BCUT2D eigenvalue weighted by atomic mass is 79.9. The molecule has 2 N–H and O–H groups in total. The van der Waals surface area contributed by atoms with E-state index in [4.69, 9.17) is 10.5 Å². The highest BCUT2D eigenvalue weighted by Crippen LogP contribution is 2.23. The normalized spacial score (nSPS) is 17.3. The number of ether oxygens (including phenoxy) is 1. The van der Waals surface area contributed by atoms with Gasteiger partial charge in [0.25, 0.3) is 5.91 Å². The summed E-state index contributed by atoms with van der Waals surface area (Å²) >= 11 is 3.41. The molecular formula is C18H19BrN2O2. The molecule has 5 heteroatoms. The number of likely N-dealkylation sites (tertiary alicyclic amines) is 1. The number of para-hydroxylation sites is 1. The molecule has 0 saturated carbocycles. The number of hydrogen-bond acceptors (Lipinski definition) is 3. The average Bonchev–Trinajstić information content (AvgIpc) is 3.00. The topological polar surface area (TPSA) is 55.6 Å². The third-order valence-electron chi connectivity index (χ3n) is 3.94. The van der Waals surface area contributed by atoms with Crippen LogP contribution in [0.4, 0.5) is 0 Å². The number of halogens is 1. The SMILES string of the molecule is N[C@@H]1CCN(C(=O)c2ccccc2OCc2ccc(Br)cc2)C1. The molecule has 0 aromatic heterocycles. The van der Waals surface area contributed by atoms with Crippen molar-refractivity contribution in [3.63, 3.8) is 0 Å². The number of nitrogens with zero attached hydrogens (tertiary/aromatic N) is 1. The maximum Gasteiger partial charge on any atom is 0.257 e. The number of carbonyl (C=O) groups excluding carboxylic acids is 1. The molecule has 1 fully saturated rings. The van der Waals surface area contributed by atoms with E-state index in [-0.39, 0.29) is 11.9 Å². The Bertz CT molecular complexity index is 688. The Kier molecular flexibility index (Phi) is 4.98. The van der Waals surface area contributed by atoms with E-state index in [0.717, 1.165) is 16.5 Å². The summed E-state index contributed by atoms with van der Waals surface area (Å²) in [5, 5.41) is 0. The van der Waals surface area contributed by atoms with E-state index < -0.39 is 0 Å². The predicted octanol–water partition coefficient (Wildman–Crippen LogP) is 3.20. The molecule has 1 amide bonds. The van der Waals surface area contributed by atoms with Crippen LogP contribution in [-0.2, 0) is 6.61 Å². The number of amides is 1. The Balaban J connectivity index is 1.72. The van der Waals surface area contributed by atoms with Crippen molar-refractivity contribution in [2.24, 2.45) is 5.73 Å². The van der Waals surface area contributed by atoms with Gasteiger partial charge in [0.05, 0.1) is 5.56 Å². The van der Waals surface area contributed by atoms with Crippen molar-refractivity contribution in [3.05, 3.63) is 64.1 Å². The van der Waals surface area contributed by atoms with Gasteiger partial charge in [-0.1, -0.05) is 40.2 Å². The van der Waals surface area contributed by atoms with Gasteiger partial charge in [0.1, 0.15) is 12.4 Å². The molecular weight excluding hydrogens is 356 g/mol. The van der Waals surface area contributed by atoms with Crippen LogP contribution < -0.4 is 10.5 Å². The van der Waals surface area contributed by atoms with Crippen LogP contribution in [0.1, 0.15) is 22.3 Å². The maximum absolute atomic E-state index is 12.7. The third kappa shape index (κ3) is 3.92. The standard InChI is InChI=1S/C18H19BrN2O2/c19-14-7-5-13(6-8-14)12-23-17-4-2-1-3-16(17)18(22)21-10-9-15(20)11-21/h1-8,15H,9-12,20H2/t15-/m1/s1. The Morgan fingerprint density at radius 3 is 2.65 bits per heavy atom. The quantitative estimate of drug-likeness (QED) is 0.893. The first kappa shape index (κ1) is 16.0. The van der Waals surface area contributed by atoms with Gasteiger partial charge in [-0.05, 0) is 36.2 Å². The van der Waals surface area contributed by atoms with Crippen molar-refractivity contribution in [2.75, 3.05) is 13.1 Å². The summed E-state index contributed by atoms with van der Waals surface area (Å²) < 4.78 is 6.91. The first-order valence-corrected chi connectivity index (χ1v) is 8.44. The van der Waals surface area contributed by atoms with Crippen LogP contribution in [0, 0.1) is 0 Å². The molecule has 0 aliphatic carbocycles. The second-order valence-corrected chi connectivity index (χ2v) is 6.63. The smallest absolute Gasteiger partial charge is 0.257 e. The van der Waals surface area contributed by atoms with E-state index in [1.54, 1.807) is 4.90 Å². The van der Waals surface area contributed by atoms with Gasteiger partial charge in [-0.15, -0.1) is 0 Å². The van der Waals surface area contributed by atoms with Crippen molar-refractivity contribution in [1.29, 1.82) is 0 Å². The molecule has 0 radical (unpaired) electrons. The predicted molar refractivity (Wildman–Crippen MR) is 93.4 cm³/mol. The molecule has 1 aliphatic rings. The van der Waals surface area contributed by atoms with Crippen molar-refractivity contribution in [1.82, 2.24) is 4.90 Å². The molecule has 1 aliphatic heterocycles. The fourth-order valence-corrected chi connectivity index (χ4v) is 2.92. The molecule has 2 aromatic rings. The Labute approximate surface area is 144 Å². The largest absolute Gasteiger partial charge is 0.488 e. The van der Waals surface area contributed by atoms with Crippen LogP contribution in [0.2, 0.25) is 0 Å². The zero-order valence-corrected chi connectivity index (χ0v) is 14.3. The number of nitrogens with two attached hydrogens (primary N) is 1. The second-order valence-electron chi connectivity index (χ2n) is 5.71. The monoisotopic (exact) mass is 374 g/mol. The molecule has 3 rings (SSSR count). The van der Waals surface area contributed by atoms with Gasteiger partial charge in [-0.3, -0.25) is 4.79 Å². The summed E-state index contributed by atoms with van der Waals surface area (Å²) in [6.45, 7) is 1.75. The highest BCUT2D eigenvalue weighted by Gasteiger charge is 2.26. The van der Waals surface area contributed by atoms with E-state index in [0.29, 0.717) is 31.0 Å². The van der Waals surface area contributed by atoms with Crippen LogP contribution in [0.25, 0.3) is 0 Å². The molecule has 0 unspecified atom stereocenters. The van der Waals surface area contributed by atoms with E-state index in [1.165, 1.54) is 0 Å². The Morgan fingerprint density at radius 2 is 1.96 bits per heavy atom. The number of rotatable bonds is 4.